The summed E-state index contributed by atoms with van der Waals surface area (Å²) >= 11 is 0. The van der Waals surface area contributed by atoms with Gasteiger partial charge in [0, 0.05) is 6.07 Å². The van der Waals surface area contributed by atoms with E-state index in [0.717, 1.165) is 18.9 Å². The highest BCUT2D eigenvalue weighted by Crippen LogP contribution is 2.29. The number of rotatable bonds is 6. The van der Waals surface area contributed by atoms with E-state index < -0.39 is 5.82 Å². The lowest BCUT2D eigenvalue weighted by Gasteiger charge is -2.19. The Morgan fingerprint density at radius 3 is 2.32 bits per heavy atom. The molecule has 0 spiro atoms. The summed E-state index contributed by atoms with van der Waals surface area (Å²) in [5.41, 5.74) is -0.420. The number of hydrogen-bond donors (Lipinski definition) is 1. The van der Waals surface area contributed by atoms with Crippen molar-refractivity contribution >= 4 is 5.69 Å². The average Bonchev–Trinajstić information content (AvgIpc) is 2.54. The Hall–Kier alpha value is -3.04. The minimum Gasteiger partial charge on any atom is -0.488 e. The van der Waals surface area contributed by atoms with Crippen molar-refractivity contribution in [2.45, 2.75) is 32.8 Å². The van der Waals surface area contributed by atoms with Crippen molar-refractivity contribution < 1.29 is 9.13 Å². The van der Waals surface area contributed by atoms with Crippen molar-refractivity contribution in [2.75, 3.05) is 5.32 Å². The molecule has 1 aromatic rings. The highest BCUT2D eigenvalue weighted by molar-refractivity contribution is 5.64. The van der Waals surface area contributed by atoms with Crippen molar-refractivity contribution in [3.63, 3.8) is 0 Å². The topological polar surface area (TPSA) is 92.6 Å². The molecular formula is C16H15FN4O. The van der Waals surface area contributed by atoms with Crippen molar-refractivity contribution in [1.82, 2.24) is 0 Å². The summed E-state index contributed by atoms with van der Waals surface area (Å²) in [6, 6.07) is 8.81. The zero-order chi connectivity index (χ0) is 16.5. The third-order valence-electron chi connectivity index (χ3n) is 2.99. The predicted octanol–water partition coefficient (Wildman–Crippen LogP) is 3.63. The van der Waals surface area contributed by atoms with Crippen molar-refractivity contribution in [3.05, 3.63) is 35.3 Å². The second kappa shape index (κ2) is 8.29. The molecule has 0 bridgehead atoms. The number of nitrogens with zero attached hydrogens (tertiary/aromatic N) is 3. The Labute approximate surface area is 128 Å². The SMILES string of the molecule is CCC(CC)Oc1ccc(F)cc1NC(C#N)=C(C#N)C#N. The molecule has 6 heteroatoms. The fraction of sp³-hybridized carbons (Fsp3) is 0.312. The number of nitrogens with one attached hydrogen (secondary N) is 1. The molecule has 0 saturated carbocycles. The Morgan fingerprint density at radius 2 is 1.82 bits per heavy atom. The number of halogens is 1. The smallest absolute Gasteiger partial charge is 0.163 e. The average molecular weight is 298 g/mol. The summed E-state index contributed by atoms with van der Waals surface area (Å²) in [5.74, 6) is -0.162. The molecule has 0 aromatic heterocycles. The summed E-state index contributed by atoms with van der Waals surface area (Å²) in [5, 5.41) is 29.3. The second-order valence-corrected chi connectivity index (χ2v) is 4.41. The summed E-state index contributed by atoms with van der Waals surface area (Å²) in [7, 11) is 0. The largest absolute Gasteiger partial charge is 0.488 e. The first-order chi connectivity index (χ1) is 10.6. The van der Waals surface area contributed by atoms with Crippen LogP contribution in [0.1, 0.15) is 26.7 Å². The van der Waals surface area contributed by atoms with E-state index in [4.69, 9.17) is 20.5 Å². The zero-order valence-corrected chi connectivity index (χ0v) is 12.4. The molecule has 1 N–H and O–H groups in total. The van der Waals surface area contributed by atoms with Gasteiger partial charge in [-0.2, -0.15) is 15.8 Å². The van der Waals surface area contributed by atoms with Gasteiger partial charge in [-0.15, -0.1) is 0 Å². The second-order valence-electron chi connectivity index (χ2n) is 4.41. The van der Waals surface area contributed by atoms with Crippen LogP contribution >= 0.6 is 0 Å². The van der Waals surface area contributed by atoms with Crippen LogP contribution in [0.25, 0.3) is 0 Å². The van der Waals surface area contributed by atoms with E-state index in [1.54, 1.807) is 18.2 Å². The van der Waals surface area contributed by atoms with Gasteiger partial charge >= 0.3 is 0 Å². The third-order valence-corrected chi connectivity index (χ3v) is 2.99. The molecular weight excluding hydrogens is 283 g/mol. The third kappa shape index (κ3) is 4.23. The maximum atomic E-state index is 13.4. The minimum absolute atomic E-state index is 0.0491. The van der Waals surface area contributed by atoms with Crippen LogP contribution in [0.2, 0.25) is 0 Å². The minimum atomic E-state index is -0.521. The molecule has 0 saturated heterocycles. The first-order valence-electron chi connectivity index (χ1n) is 6.77. The van der Waals surface area contributed by atoms with E-state index in [0.29, 0.717) is 5.75 Å². The van der Waals surface area contributed by atoms with Gasteiger partial charge in [-0.25, -0.2) is 4.39 Å². The van der Waals surface area contributed by atoms with Gasteiger partial charge in [0.05, 0.1) is 11.8 Å². The van der Waals surface area contributed by atoms with Crippen molar-refractivity contribution in [2.24, 2.45) is 0 Å². The summed E-state index contributed by atoms with van der Waals surface area (Å²) < 4.78 is 19.2. The molecule has 0 aliphatic carbocycles. The van der Waals surface area contributed by atoms with Crippen LogP contribution in [-0.4, -0.2) is 6.10 Å². The number of benzene rings is 1. The van der Waals surface area contributed by atoms with E-state index in [9.17, 15) is 4.39 Å². The number of nitriles is 3. The van der Waals surface area contributed by atoms with Crippen molar-refractivity contribution in [3.8, 4) is 24.0 Å². The highest BCUT2D eigenvalue weighted by Gasteiger charge is 2.13. The molecule has 0 fully saturated rings. The molecule has 0 unspecified atom stereocenters. The van der Waals surface area contributed by atoms with Crippen LogP contribution in [0, 0.1) is 39.8 Å². The Balaban J connectivity index is 3.22. The van der Waals surface area contributed by atoms with Gasteiger partial charge in [0.15, 0.2) is 5.57 Å². The monoisotopic (exact) mass is 298 g/mol. The van der Waals surface area contributed by atoms with E-state index in [-0.39, 0.29) is 23.1 Å². The van der Waals surface area contributed by atoms with E-state index >= 15 is 0 Å². The first kappa shape index (κ1) is 17.0. The van der Waals surface area contributed by atoms with Gasteiger partial charge in [-0.05, 0) is 25.0 Å². The van der Waals surface area contributed by atoms with Gasteiger partial charge in [-0.3, -0.25) is 0 Å². The first-order valence-corrected chi connectivity index (χ1v) is 6.77. The summed E-state index contributed by atoms with van der Waals surface area (Å²) in [6.07, 6.45) is 1.50. The normalized spacial score (nSPS) is 9.32. The maximum Gasteiger partial charge on any atom is 0.163 e. The lowest BCUT2D eigenvalue weighted by atomic mass is 10.2. The molecule has 0 heterocycles. The van der Waals surface area contributed by atoms with Gasteiger partial charge in [0.25, 0.3) is 0 Å². The standard InChI is InChI=1S/C16H15FN4O/c1-3-13(4-2)22-16-6-5-12(17)7-14(16)21-15(10-20)11(8-18)9-19/h5-7,13,21H,3-4H2,1-2H3. The van der Waals surface area contributed by atoms with Crippen LogP contribution in [0.5, 0.6) is 5.75 Å². The van der Waals surface area contributed by atoms with Crippen LogP contribution in [0.4, 0.5) is 10.1 Å². The Kier molecular flexibility index (Phi) is 6.41. The number of allylic oxidation sites excluding steroid dienone is 2. The fourth-order valence-corrected chi connectivity index (χ4v) is 1.76. The number of ether oxygens (including phenoxy) is 1. The van der Waals surface area contributed by atoms with Crippen LogP contribution in [-0.2, 0) is 0 Å². The predicted molar refractivity (Wildman–Crippen MR) is 78.9 cm³/mol. The molecule has 0 amide bonds. The highest BCUT2D eigenvalue weighted by atomic mass is 19.1. The van der Waals surface area contributed by atoms with Gasteiger partial charge in [0.2, 0.25) is 0 Å². The van der Waals surface area contributed by atoms with E-state index in [2.05, 4.69) is 5.32 Å². The number of hydrogen-bond acceptors (Lipinski definition) is 5. The number of anilines is 1. The molecule has 0 aliphatic heterocycles. The lowest BCUT2D eigenvalue weighted by molar-refractivity contribution is 0.194. The van der Waals surface area contributed by atoms with Crippen molar-refractivity contribution in [1.29, 1.82) is 15.8 Å². The van der Waals surface area contributed by atoms with Crippen LogP contribution in [0.3, 0.4) is 0 Å². The van der Waals surface area contributed by atoms with Gasteiger partial charge in [0.1, 0.15) is 35.5 Å². The Morgan fingerprint density at radius 1 is 1.18 bits per heavy atom. The molecule has 112 valence electrons. The fourth-order valence-electron chi connectivity index (χ4n) is 1.76. The molecule has 5 nitrogen and oxygen atoms in total. The molecule has 0 aliphatic rings. The molecule has 1 aromatic carbocycles. The maximum absolute atomic E-state index is 13.4. The van der Waals surface area contributed by atoms with Gasteiger partial charge < -0.3 is 10.1 Å². The summed E-state index contributed by atoms with van der Waals surface area (Å²) in [6.45, 7) is 3.93. The quantitative estimate of drug-likeness (QED) is 0.809. The molecule has 22 heavy (non-hydrogen) atoms. The van der Waals surface area contributed by atoms with Gasteiger partial charge in [-0.1, -0.05) is 13.8 Å². The summed E-state index contributed by atoms with van der Waals surface area (Å²) in [4.78, 5) is 0. The molecule has 1 rings (SSSR count). The zero-order valence-electron chi connectivity index (χ0n) is 12.4. The van der Waals surface area contributed by atoms with E-state index in [1.807, 2.05) is 13.8 Å². The molecule has 0 radical (unpaired) electrons. The molecule has 0 atom stereocenters. The lowest BCUT2D eigenvalue weighted by Crippen LogP contribution is -2.15. The van der Waals surface area contributed by atoms with Crippen LogP contribution in [0.15, 0.2) is 29.5 Å². The Bertz CT molecular complexity index is 672. The van der Waals surface area contributed by atoms with E-state index in [1.165, 1.54) is 12.1 Å². The van der Waals surface area contributed by atoms with Crippen LogP contribution < -0.4 is 10.1 Å².